The van der Waals surface area contributed by atoms with Crippen molar-refractivity contribution in [1.82, 2.24) is 9.21 Å². The summed E-state index contributed by atoms with van der Waals surface area (Å²) in [5.41, 5.74) is 0.452. The lowest BCUT2D eigenvalue weighted by Crippen LogP contribution is -2.53. The molecule has 0 N–H and O–H groups in total. The summed E-state index contributed by atoms with van der Waals surface area (Å²) in [4.78, 5) is 2.55. The molecule has 0 radical (unpaired) electrons. The van der Waals surface area contributed by atoms with E-state index in [1.165, 1.54) is 28.6 Å². The molecule has 2 atom stereocenters. The van der Waals surface area contributed by atoms with Crippen LogP contribution in [0.4, 0.5) is 0 Å². The van der Waals surface area contributed by atoms with Gasteiger partial charge < -0.3 is 4.74 Å². The number of morpholine rings is 1. The summed E-state index contributed by atoms with van der Waals surface area (Å²) in [5.74, 6) is 0. The fraction of sp³-hybridized carbons (Fsp3) is 0.562. The van der Waals surface area contributed by atoms with Crippen molar-refractivity contribution in [3.05, 3.63) is 29.8 Å². The van der Waals surface area contributed by atoms with Crippen molar-refractivity contribution in [2.24, 2.45) is 0 Å². The van der Waals surface area contributed by atoms with Gasteiger partial charge in [-0.1, -0.05) is 0 Å². The van der Waals surface area contributed by atoms with Gasteiger partial charge in [0.1, 0.15) is 0 Å². The van der Waals surface area contributed by atoms with Crippen LogP contribution in [0.2, 0.25) is 0 Å². The zero-order valence-electron chi connectivity index (χ0n) is 13.3. The molecule has 0 spiro atoms. The molecule has 2 saturated heterocycles. The van der Waals surface area contributed by atoms with Crippen LogP contribution in [-0.4, -0.2) is 62.1 Å². The van der Waals surface area contributed by atoms with Crippen molar-refractivity contribution in [2.75, 3.05) is 26.2 Å². The van der Waals surface area contributed by atoms with E-state index in [0.717, 1.165) is 6.54 Å². The second kappa shape index (κ2) is 6.21. The van der Waals surface area contributed by atoms with E-state index in [1.54, 1.807) is 0 Å². The quantitative estimate of drug-likeness (QED) is 0.825. The average molecular weight is 335 g/mol. The summed E-state index contributed by atoms with van der Waals surface area (Å²) in [7, 11) is -3.55. The lowest BCUT2D eigenvalue weighted by atomic mass is 10.1. The van der Waals surface area contributed by atoms with Gasteiger partial charge in [0.2, 0.25) is 10.0 Å². The Morgan fingerprint density at radius 3 is 2.57 bits per heavy atom. The van der Waals surface area contributed by atoms with E-state index in [4.69, 9.17) is 10.00 Å². The van der Waals surface area contributed by atoms with Gasteiger partial charge in [0.15, 0.2) is 0 Å². The Morgan fingerprint density at radius 1 is 1.26 bits per heavy atom. The number of rotatable bonds is 3. The van der Waals surface area contributed by atoms with Crippen LogP contribution < -0.4 is 0 Å². The van der Waals surface area contributed by atoms with Gasteiger partial charge in [-0.25, -0.2) is 8.42 Å². The summed E-state index contributed by atoms with van der Waals surface area (Å²) in [6.07, 6.45) is -0.0701. The van der Waals surface area contributed by atoms with Gasteiger partial charge in [0.25, 0.3) is 0 Å². The molecular weight excluding hydrogens is 314 g/mol. The third-order valence-electron chi connectivity index (χ3n) is 4.60. The van der Waals surface area contributed by atoms with E-state index in [2.05, 4.69) is 18.7 Å². The zero-order chi connectivity index (χ0) is 16.6. The van der Waals surface area contributed by atoms with Gasteiger partial charge in [-0.3, -0.25) is 4.90 Å². The zero-order valence-corrected chi connectivity index (χ0v) is 14.2. The van der Waals surface area contributed by atoms with Gasteiger partial charge in [0, 0.05) is 25.7 Å². The Labute approximate surface area is 137 Å². The normalized spacial score (nSPS) is 26.2. The first kappa shape index (κ1) is 16.4. The smallest absolute Gasteiger partial charge is 0.243 e. The molecule has 124 valence electrons. The monoisotopic (exact) mass is 335 g/mol. The SMILES string of the molecule is CC(C)N1CCO[C@H]2CN(S(=O)(=O)c3ccc(C#N)cc3)C[C@H]21. The molecule has 3 rings (SSSR count). The highest BCUT2D eigenvalue weighted by atomic mass is 32.2. The second-order valence-electron chi connectivity index (χ2n) is 6.27. The highest BCUT2D eigenvalue weighted by Crippen LogP contribution is 2.29. The van der Waals surface area contributed by atoms with Crippen LogP contribution in [0.3, 0.4) is 0 Å². The van der Waals surface area contributed by atoms with Crippen LogP contribution in [0.1, 0.15) is 19.4 Å². The molecule has 0 aliphatic carbocycles. The van der Waals surface area contributed by atoms with E-state index in [1.807, 2.05) is 6.07 Å². The van der Waals surface area contributed by atoms with Crippen molar-refractivity contribution in [3.63, 3.8) is 0 Å². The summed E-state index contributed by atoms with van der Waals surface area (Å²) in [6, 6.07) is 8.54. The van der Waals surface area contributed by atoms with Gasteiger partial charge >= 0.3 is 0 Å². The number of hydrogen-bond donors (Lipinski definition) is 0. The summed E-state index contributed by atoms with van der Waals surface area (Å²) >= 11 is 0. The molecule has 0 unspecified atom stereocenters. The van der Waals surface area contributed by atoms with Crippen molar-refractivity contribution < 1.29 is 13.2 Å². The fourth-order valence-electron chi connectivity index (χ4n) is 3.37. The number of nitrogens with zero attached hydrogens (tertiary/aromatic N) is 3. The van der Waals surface area contributed by atoms with E-state index in [9.17, 15) is 8.42 Å². The molecule has 1 aromatic carbocycles. The molecular formula is C16H21N3O3S. The molecule has 23 heavy (non-hydrogen) atoms. The van der Waals surface area contributed by atoms with Crippen molar-refractivity contribution in [3.8, 4) is 6.07 Å². The van der Waals surface area contributed by atoms with Crippen LogP contribution in [0.25, 0.3) is 0 Å². The van der Waals surface area contributed by atoms with Crippen LogP contribution in [0, 0.1) is 11.3 Å². The third-order valence-corrected chi connectivity index (χ3v) is 6.44. The van der Waals surface area contributed by atoms with Crippen LogP contribution in [-0.2, 0) is 14.8 Å². The molecule has 2 aliphatic rings. The first-order valence-corrected chi connectivity index (χ1v) is 9.25. The molecule has 0 bridgehead atoms. The number of fused-ring (bicyclic) bond motifs is 1. The Kier molecular flexibility index (Phi) is 4.43. The molecule has 2 fully saturated rings. The van der Waals surface area contributed by atoms with Crippen LogP contribution >= 0.6 is 0 Å². The Morgan fingerprint density at radius 2 is 1.96 bits per heavy atom. The van der Waals surface area contributed by atoms with Crippen molar-refractivity contribution in [1.29, 1.82) is 5.26 Å². The van der Waals surface area contributed by atoms with E-state index < -0.39 is 10.0 Å². The minimum atomic E-state index is -3.55. The molecule has 1 aromatic rings. The van der Waals surface area contributed by atoms with Crippen molar-refractivity contribution in [2.45, 2.75) is 36.9 Å². The highest BCUT2D eigenvalue weighted by Gasteiger charge is 2.45. The standard InChI is InChI=1S/C16H21N3O3S/c1-12(2)19-7-8-22-16-11-18(10-15(16)19)23(20,21)14-5-3-13(9-17)4-6-14/h3-6,12,15-16H,7-8,10-11H2,1-2H3/t15-,16+/m1/s1. The third kappa shape index (κ3) is 3.00. The van der Waals surface area contributed by atoms with Gasteiger partial charge in [-0.2, -0.15) is 9.57 Å². The number of hydrogen-bond acceptors (Lipinski definition) is 5. The minimum absolute atomic E-state index is 0.0701. The van der Waals surface area contributed by atoms with Gasteiger partial charge in [-0.15, -0.1) is 0 Å². The molecule has 2 heterocycles. The predicted molar refractivity (Wildman–Crippen MR) is 85.3 cm³/mol. The molecule has 7 heteroatoms. The van der Waals surface area contributed by atoms with E-state index in [-0.39, 0.29) is 17.0 Å². The molecule has 0 amide bonds. The molecule has 0 saturated carbocycles. The minimum Gasteiger partial charge on any atom is -0.374 e. The Balaban J connectivity index is 1.83. The summed E-state index contributed by atoms with van der Waals surface area (Å²) in [5, 5.41) is 8.83. The number of sulfonamides is 1. The first-order chi connectivity index (χ1) is 10.9. The maximum absolute atomic E-state index is 12.8. The summed E-state index contributed by atoms with van der Waals surface area (Å²) < 4.78 is 32.9. The lowest BCUT2D eigenvalue weighted by Gasteiger charge is -2.39. The molecule has 2 aliphatic heterocycles. The van der Waals surface area contributed by atoms with Gasteiger partial charge in [-0.05, 0) is 38.1 Å². The number of nitriles is 1. The summed E-state index contributed by atoms with van der Waals surface area (Å²) in [6.45, 7) is 6.56. The second-order valence-corrected chi connectivity index (χ2v) is 8.20. The largest absolute Gasteiger partial charge is 0.374 e. The maximum atomic E-state index is 12.8. The Bertz CT molecular complexity index is 709. The fourth-order valence-corrected chi connectivity index (χ4v) is 4.84. The Hall–Kier alpha value is -1.46. The number of ether oxygens (including phenoxy) is 1. The number of benzene rings is 1. The van der Waals surface area contributed by atoms with Crippen LogP contribution in [0.5, 0.6) is 0 Å². The molecule has 6 nitrogen and oxygen atoms in total. The average Bonchev–Trinajstić information content (AvgIpc) is 2.99. The van der Waals surface area contributed by atoms with E-state index >= 15 is 0 Å². The van der Waals surface area contributed by atoms with Crippen molar-refractivity contribution >= 4 is 10.0 Å². The topological polar surface area (TPSA) is 73.6 Å². The van der Waals surface area contributed by atoms with Crippen LogP contribution in [0.15, 0.2) is 29.2 Å². The highest BCUT2D eigenvalue weighted by molar-refractivity contribution is 7.89. The maximum Gasteiger partial charge on any atom is 0.243 e. The predicted octanol–water partition coefficient (Wildman–Crippen LogP) is 1.04. The lowest BCUT2D eigenvalue weighted by molar-refractivity contribution is -0.0582. The van der Waals surface area contributed by atoms with Gasteiger partial charge in [0.05, 0.1) is 35.3 Å². The molecule has 0 aromatic heterocycles. The first-order valence-electron chi connectivity index (χ1n) is 7.81. The van der Waals surface area contributed by atoms with E-state index in [0.29, 0.717) is 31.3 Å².